The van der Waals surface area contributed by atoms with Crippen LogP contribution in [0.2, 0.25) is 5.02 Å². The summed E-state index contributed by atoms with van der Waals surface area (Å²) >= 11 is 5.88. The molecule has 3 aromatic rings. The summed E-state index contributed by atoms with van der Waals surface area (Å²) in [6.07, 6.45) is 5.11. The van der Waals surface area contributed by atoms with Crippen LogP contribution in [0.3, 0.4) is 0 Å². The van der Waals surface area contributed by atoms with E-state index >= 15 is 4.39 Å². The molecule has 340 valence electrons. The molecule has 3 atom stereocenters. The number of fused-ring (bicyclic) bond motifs is 2. The number of nitrogens with two attached hydrogens (primary N) is 2. The van der Waals surface area contributed by atoms with Gasteiger partial charge in [-0.15, -0.1) is 6.42 Å². The lowest BCUT2D eigenvalue weighted by Crippen LogP contribution is -2.37. The molecular weight excluding hydrogens is 805 g/mol. The number of methoxy groups -OCH3 is 1. The van der Waals surface area contributed by atoms with Crippen molar-refractivity contribution in [3.05, 3.63) is 33.7 Å². The van der Waals surface area contributed by atoms with Crippen molar-refractivity contribution in [1.82, 2.24) is 25.2 Å². The van der Waals surface area contributed by atoms with E-state index in [9.17, 15) is 22.4 Å². The second-order valence-corrected chi connectivity index (χ2v) is 15.9. The lowest BCUT2D eigenvalue weighted by atomic mass is 9.96. The van der Waals surface area contributed by atoms with Crippen LogP contribution in [-0.2, 0) is 10.9 Å². The summed E-state index contributed by atoms with van der Waals surface area (Å²) in [5, 5.41) is 2.30. The Morgan fingerprint density at radius 3 is 2.12 bits per heavy atom. The first-order valence-electron chi connectivity index (χ1n) is 20.6. The highest BCUT2D eigenvalue weighted by atomic mass is 35.5. The zero-order valence-corrected chi connectivity index (χ0v) is 39.0. The van der Waals surface area contributed by atoms with E-state index in [1.54, 1.807) is 0 Å². The number of pyridine rings is 1. The molecule has 0 bridgehead atoms. The average molecular weight is 875 g/mol. The number of halogens is 6. The van der Waals surface area contributed by atoms with E-state index in [-0.39, 0.29) is 56.9 Å². The number of nitrogens with zero attached hydrogens (tertiary/aromatic N) is 4. The average Bonchev–Trinajstić information content (AvgIpc) is 3.67. The van der Waals surface area contributed by atoms with Gasteiger partial charge in [0, 0.05) is 23.7 Å². The maximum absolute atomic E-state index is 15.3. The SMILES string of the molecule is C#Cc1nc(-c2cc(N)c(Cl)c(C)c2C(F)(F)F)c(F)c2nc(OC)nc(N)c12.CC.CC.CC12CCCN1CC(F)C2.CCC(C)C.CCC(C)NC(=O)OC(C)(C)C. The van der Waals surface area contributed by atoms with E-state index < -0.39 is 46.1 Å². The second-order valence-electron chi connectivity index (χ2n) is 15.5. The first-order valence-corrected chi connectivity index (χ1v) is 20.9. The van der Waals surface area contributed by atoms with Gasteiger partial charge in [0.05, 0.1) is 28.8 Å². The van der Waals surface area contributed by atoms with Gasteiger partial charge in [0.2, 0.25) is 0 Å². The molecule has 0 aliphatic carbocycles. The van der Waals surface area contributed by atoms with Crippen LogP contribution in [0.25, 0.3) is 22.2 Å². The molecule has 5 rings (SSSR count). The number of nitrogen functional groups attached to an aromatic ring is 2. The molecule has 10 nitrogen and oxygen atoms in total. The van der Waals surface area contributed by atoms with E-state index in [2.05, 4.69) is 58.8 Å². The zero-order valence-electron chi connectivity index (χ0n) is 38.3. The predicted molar refractivity (Wildman–Crippen MR) is 236 cm³/mol. The first-order chi connectivity index (χ1) is 27.8. The van der Waals surface area contributed by atoms with Crippen molar-refractivity contribution < 1.29 is 36.2 Å². The summed E-state index contributed by atoms with van der Waals surface area (Å²) in [6, 6.07) is 0.772. The molecule has 0 radical (unpaired) electrons. The standard InChI is InChI=1S/C18H12ClF4N5O.C9H19NO2.C8H14FN.C5H12.2C2H6/c1-4-9-10-15(27-17(29-3)28-16(10)25)13(20)14(26-9)7-5-8(24)12(19)6(2)11(7)18(21,22)23;1-6-7(2)10-8(11)12-9(3,4)5;1-8-3-2-4-10(8)6-7(9)5-8;1-4-5(2)3;2*1-2/h1,5H,24H2,2-3H3,(H2,25,27,28);7H,6H2,1-5H3,(H,10,11);7H,2-6H2,1H3;5H,4H2,1-3H3;2*1-2H3. The molecule has 1 aromatic carbocycles. The van der Waals surface area contributed by atoms with Gasteiger partial charge in [-0.05, 0) is 97.2 Å². The van der Waals surface area contributed by atoms with Crippen LogP contribution in [0.4, 0.5) is 38.3 Å². The maximum atomic E-state index is 15.3. The van der Waals surface area contributed by atoms with Crippen LogP contribution in [0.5, 0.6) is 6.01 Å². The Bertz CT molecular complexity index is 1870. The molecule has 0 spiro atoms. The van der Waals surface area contributed by atoms with Crippen LogP contribution in [0, 0.1) is 31.0 Å². The molecule has 0 saturated carbocycles. The Kier molecular flexibility index (Phi) is 23.2. The van der Waals surface area contributed by atoms with Gasteiger partial charge in [-0.3, -0.25) is 4.90 Å². The van der Waals surface area contributed by atoms with Crippen LogP contribution in [0.15, 0.2) is 6.07 Å². The number of hydrogen-bond acceptors (Lipinski definition) is 9. The highest BCUT2D eigenvalue weighted by Crippen LogP contribution is 2.45. The largest absolute Gasteiger partial charge is 0.467 e. The van der Waals surface area contributed by atoms with Crippen LogP contribution in [-0.4, -0.2) is 69.5 Å². The molecule has 4 heterocycles. The van der Waals surface area contributed by atoms with Gasteiger partial charge < -0.3 is 26.3 Å². The molecule has 2 fully saturated rings. The van der Waals surface area contributed by atoms with Gasteiger partial charge in [0.15, 0.2) is 5.82 Å². The lowest BCUT2D eigenvalue weighted by molar-refractivity contribution is -0.137. The summed E-state index contributed by atoms with van der Waals surface area (Å²) in [4.78, 5) is 24.9. The molecule has 2 saturated heterocycles. The molecule has 16 heteroatoms. The van der Waals surface area contributed by atoms with E-state index in [0.29, 0.717) is 6.54 Å². The number of hydrogen-bond donors (Lipinski definition) is 3. The minimum atomic E-state index is -4.88. The Morgan fingerprint density at radius 1 is 1.10 bits per heavy atom. The van der Waals surface area contributed by atoms with Crippen molar-refractivity contribution in [3.8, 4) is 29.6 Å². The summed E-state index contributed by atoms with van der Waals surface area (Å²) in [5.74, 6) is 1.62. The van der Waals surface area contributed by atoms with E-state index in [0.717, 1.165) is 38.3 Å². The minimum absolute atomic E-state index is 0.123. The first kappa shape index (κ1) is 55.8. The fourth-order valence-electron chi connectivity index (χ4n) is 5.94. The fourth-order valence-corrected chi connectivity index (χ4v) is 6.09. The second kappa shape index (κ2) is 24.9. The van der Waals surface area contributed by atoms with Crippen molar-refractivity contribution in [2.75, 3.05) is 31.7 Å². The number of rotatable bonds is 5. The molecule has 2 aliphatic heterocycles. The van der Waals surface area contributed by atoms with Crippen LogP contribution in [0.1, 0.15) is 139 Å². The summed E-state index contributed by atoms with van der Waals surface area (Å²) in [7, 11) is 1.22. The number of terminal acetylenes is 1. The molecule has 2 aliphatic rings. The number of aromatic nitrogens is 3. The highest BCUT2D eigenvalue weighted by Gasteiger charge is 2.45. The van der Waals surface area contributed by atoms with Crippen molar-refractivity contribution >= 4 is 40.1 Å². The molecule has 5 N–H and O–H groups in total. The Labute approximate surface area is 360 Å². The smallest absolute Gasteiger partial charge is 0.417 e. The normalized spacial score (nSPS) is 17.3. The third kappa shape index (κ3) is 16.0. The topological polar surface area (TPSA) is 142 Å². The van der Waals surface area contributed by atoms with Crippen molar-refractivity contribution in [2.24, 2.45) is 5.92 Å². The van der Waals surface area contributed by atoms with Crippen LogP contribution >= 0.6 is 11.6 Å². The van der Waals surface area contributed by atoms with Gasteiger partial charge in [-0.1, -0.05) is 73.4 Å². The number of carbonyl (C=O) groups excluding carboxylic acids is 1. The third-order valence-corrected chi connectivity index (χ3v) is 9.86. The van der Waals surface area contributed by atoms with Crippen molar-refractivity contribution in [1.29, 1.82) is 0 Å². The van der Waals surface area contributed by atoms with Crippen molar-refractivity contribution in [3.63, 3.8) is 0 Å². The summed E-state index contributed by atoms with van der Waals surface area (Å²) in [6.45, 7) is 29.3. The third-order valence-electron chi connectivity index (χ3n) is 9.36. The van der Waals surface area contributed by atoms with Gasteiger partial charge in [-0.25, -0.2) is 18.6 Å². The Morgan fingerprint density at radius 2 is 1.67 bits per heavy atom. The van der Waals surface area contributed by atoms with Gasteiger partial charge in [-0.2, -0.15) is 23.1 Å². The van der Waals surface area contributed by atoms with E-state index in [1.165, 1.54) is 26.4 Å². The van der Waals surface area contributed by atoms with E-state index in [4.69, 9.17) is 39.0 Å². The molecule has 3 unspecified atom stereocenters. The quantitative estimate of drug-likeness (QED) is 0.130. The van der Waals surface area contributed by atoms with Gasteiger partial charge >= 0.3 is 18.3 Å². The molecule has 60 heavy (non-hydrogen) atoms. The number of carbonyl (C=O) groups is 1. The fraction of sp³-hybridized carbons (Fsp3) is 0.636. The van der Waals surface area contributed by atoms with E-state index in [1.807, 2.05) is 62.3 Å². The Balaban J connectivity index is 0.000000918. The van der Waals surface area contributed by atoms with Gasteiger partial charge in [0.1, 0.15) is 34.5 Å². The lowest BCUT2D eigenvalue weighted by Gasteiger charge is -2.25. The molecule has 1 amide bonds. The predicted octanol–water partition coefficient (Wildman–Crippen LogP) is 12.0. The number of alkyl carbamates (subject to hydrolysis) is 1. The number of anilines is 2. The van der Waals surface area contributed by atoms with Crippen LogP contribution < -0.4 is 21.5 Å². The molecular formula is C44H69ClF5N7O3. The number of ether oxygens (including phenoxy) is 2. The highest BCUT2D eigenvalue weighted by molar-refractivity contribution is 6.34. The van der Waals surface area contributed by atoms with Gasteiger partial charge in [0.25, 0.3) is 0 Å². The zero-order chi connectivity index (χ0) is 46.9. The maximum Gasteiger partial charge on any atom is 0.417 e. The monoisotopic (exact) mass is 874 g/mol. The summed E-state index contributed by atoms with van der Waals surface area (Å²) in [5.41, 5.74) is 7.56. The summed E-state index contributed by atoms with van der Waals surface area (Å²) < 4.78 is 79.4. The number of benzene rings is 1. The Hall–Kier alpha value is -4.16. The minimum Gasteiger partial charge on any atom is -0.467 e. The number of alkyl halides is 4. The number of nitrogens with one attached hydrogen (secondary N) is 1. The van der Waals surface area contributed by atoms with Crippen molar-refractivity contribution in [2.45, 2.75) is 159 Å². The number of amides is 1. The molecule has 2 aromatic heterocycles.